The highest BCUT2D eigenvalue weighted by Gasteiger charge is 2.27. The van der Waals surface area contributed by atoms with Crippen LogP contribution in [0.15, 0.2) is 77.7 Å². The third-order valence-corrected chi connectivity index (χ3v) is 5.52. The minimum Gasteiger partial charge on any atom is -0.505 e. The number of carbonyl (C=O) groups excluding carboxylic acids is 1. The summed E-state index contributed by atoms with van der Waals surface area (Å²) in [5, 5.41) is 14.2. The van der Waals surface area contributed by atoms with Crippen LogP contribution < -0.4 is 10.9 Å². The molecule has 2 N–H and O–H groups in total. The van der Waals surface area contributed by atoms with Crippen LogP contribution in [0, 0.1) is 0 Å². The molecule has 0 unspecified atom stereocenters. The summed E-state index contributed by atoms with van der Waals surface area (Å²) < 4.78 is 1.60. The number of amides is 1. The number of rotatable bonds is 5. The summed E-state index contributed by atoms with van der Waals surface area (Å²) in [7, 11) is 0. The molecule has 0 radical (unpaired) electrons. The molecule has 1 aliphatic rings. The Hall–Kier alpha value is -3.93. The van der Waals surface area contributed by atoms with Gasteiger partial charge in [0.15, 0.2) is 11.4 Å². The number of hydrogen-bond donors (Lipinski definition) is 2. The Morgan fingerprint density at radius 1 is 1.06 bits per heavy atom. The lowest BCUT2D eigenvalue weighted by atomic mass is 10.0. The topological polar surface area (TPSA) is 84.2 Å². The third-order valence-electron chi connectivity index (χ3n) is 5.52. The van der Waals surface area contributed by atoms with E-state index in [4.69, 9.17) is 0 Å². The van der Waals surface area contributed by atoms with E-state index in [-0.39, 0.29) is 23.0 Å². The molecule has 6 heteroatoms. The summed E-state index contributed by atoms with van der Waals surface area (Å²) in [5.74, 6) is -0.612. The van der Waals surface area contributed by atoms with Crippen LogP contribution >= 0.6 is 0 Å². The predicted octanol–water partition coefficient (Wildman–Crippen LogP) is 3.71. The molecule has 31 heavy (non-hydrogen) atoms. The first-order valence-electron chi connectivity index (χ1n) is 10.3. The fraction of sp³-hybridized carbons (Fsp3) is 0.160. The van der Waals surface area contributed by atoms with Crippen molar-refractivity contribution in [3.63, 3.8) is 0 Å². The monoisotopic (exact) mass is 411 g/mol. The zero-order valence-electron chi connectivity index (χ0n) is 16.8. The van der Waals surface area contributed by atoms with Crippen LogP contribution in [0.4, 0.5) is 0 Å². The number of aromatic nitrogens is 2. The van der Waals surface area contributed by atoms with Gasteiger partial charge < -0.3 is 15.0 Å². The molecule has 1 aliphatic carbocycles. The number of pyridine rings is 2. The summed E-state index contributed by atoms with van der Waals surface area (Å²) in [5.41, 5.74) is 2.43. The van der Waals surface area contributed by atoms with Gasteiger partial charge in [-0.2, -0.15) is 0 Å². The zero-order chi connectivity index (χ0) is 21.4. The number of nitrogens with zero attached hydrogens (tertiary/aromatic N) is 2. The summed E-state index contributed by atoms with van der Waals surface area (Å²) in [6.07, 6.45) is 3.37. The van der Waals surface area contributed by atoms with Crippen molar-refractivity contribution >= 4 is 16.8 Å². The molecular formula is C25H21N3O3. The quantitative estimate of drug-likeness (QED) is 0.524. The summed E-state index contributed by atoms with van der Waals surface area (Å²) in [6.45, 7) is 0.325. The Morgan fingerprint density at radius 2 is 1.74 bits per heavy atom. The van der Waals surface area contributed by atoms with E-state index < -0.39 is 5.91 Å². The van der Waals surface area contributed by atoms with Crippen LogP contribution in [0.25, 0.3) is 22.0 Å². The summed E-state index contributed by atoms with van der Waals surface area (Å²) in [4.78, 5) is 30.2. The highest BCUT2D eigenvalue weighted by molar-refractivity contribution is 6.01. The molecule has 0 aliphatic heterocycles. The number of nitrogens with one attached hydrogen (secondary N) is 1. The summed E-state index contributed by atoms with van der Waals surface area (Å²) in [6, 6.07) is 20.8. The molecule has 0 atom stereocenters. The highest BCUT2D eigenvalue weighted by atomic mass is 16.3. The van der Waals surface area contributed by atoms with Crippen LogP contribution in [0.2, 0.25) is 0 Å². The van der Waals surface area contributed by atoms with Gasteiger partial charge >= 0.3 is 0 Å². The molecular weight excluding hydrogens is 390 g/mol. The van der Waals surface area contributed by atoms with Gasteiger partial charge in [-0.1, -0.05) is 60.7 Å². The fourth-order valence-corrected chi connectivity index (χ4v) is 3.72. The van der Waals surface area contributed by atoms with Crippen molar-refractivity contribution in [1.29, 1.82) is 0 Å². The Balaban J connectivity index is 1.72. The molecule has 0 bridgehead atoms. The van der Waals surface area contributed by atoms with Gasteiger partial charge in [0.1, 0.15) is 0 Å². The van der Waals surface area contributed by atoms with Gasteiger partial charge in [0, 0.05) is 17.0 Å². The van der Waals surface area contributed by atoms with Crippen molar-refractivity contribution in [3.8, 4) is 16.9 Å². The van der Waals surface area contributed by atoms with Crippen molar-refractivity contribution in [1.82, 2.24) is 14.9 Å². The van der Waals surface area contributed by atoms with E-state index in [0.717, 1.165) is 24.0 Å². The van der Waals surface area contributed by atoms with E-state index in [1.165, 1.54) is 6.20 Å². The van der Waals surface area contributed by atoms with Gasteiger partial charge in [0.2, 0.25) is 0 Å². The molecule has 1 saturated carbocycles. The molecule has 1 amide bonds. The fourth-order valence-electron chi connectivity index (χ4n) is 3.72. The van der Waals surface area contributed by atoms with E-state index in [9.17, 15) is 14.7 Å². The van der Waals surface area contributed by atoms with Crippen molar-refractivity contribution < 1.29 is 9.90 Å². The lowest BCUT2D eigenvalue weighted by Gasteiger charge is -2.15. The first-order chi connectivity index (χ1) is 15.1. The first kappa shape index (κ1) is 19.1. The number of hydrogen-bond acceptors (Lipinski definition) is 4. The Labute approximate surface area is 178 Å². The molecule has 4 aromatic rings. The number of fused-ring (bicyclic) bond motifs is 1. The number of carbonyl (C=O) groups is 1. The molecule has 2 heterocycles. The van der Waals surface area contributed by atoms with Gasteiger partial charge in [-0.3, -0.25) is 9.59 Å². The number of aromatic hydroxyl groups is 1. The van der Waals surface area contributed by atoms with Gasteiger partial charge in [0.05, 0.1) is 18.3 Å². The summed E-state index contributed by atoms with van der Waals surface area (Å²) >= 11 is 0. The van der Waals surface area contributed by atoms with Crippen LogP contribution in [0.5, 0.6) is 5.75 Å². The first-order valence-corrected chi connectivity index (χ1v) is 10.3. The van der Waals surface area contributed by atoms with Crippen molar-refractivity contribution in [3.05, 3.63) is 94.5 Å². The van der Waals surface area contributed by atoms with Crippen LogP contribution in [-0.4, -0.2) is 26.6 Å². The average molecular weight is 411 g/mol. The second-order valence-corrected chi connectivity index (χ2v) is 7.80. The molecule has 0 spiro atoms. The van der Waals surface area contributed by atoms with Crippen LogP contribution in [-0.2, 0) is 6.54 Å². The van der Waals surface area contributed by atoms with E-state index in [1.54, 1.807) is 10.6 Å². The van der Waals surface area contributed by atoms with Gasteiger partial charge in [-0.15, -0.1) is 0 Å². The second-order valence-electron chi connectivity index (χ2n) is 7.80. The Morgan fingerprint density at radius 3 is 2.42 bits per heavy atom. The lowest BCUT2D eigenvalue weighted by Crippen LogP contribution is -2.27. The third kappa shape index (κ3) is 3.68. The smallest absolute Gasteiger partial charge is 0.273 e. The largest absolute Gasteiger partial charge is 0.505 e. The Kier molecular flexibility index (Phi) is 4.75. The van der Waals surface area contributed by atoms with Crippen LogP contribution in [0.3, 0.4) is 0 Å². The second kappa shape index (κ2) is 7.72. The van der Waals surface area contributed by atoms with Crippen molar-refractivity contribution in [2.24, 2.45) is 0 Å². The molecule has 1 fully saturated rings. The van der Waals surface area contributed by atoms with E-state index in [2.05, 4.69) is 10.3 Å². The molecule has 154 valence electrons. The van der Waals surface area contributed by atoms with Crippen molar-refractivity contribution in [2.45, 2.75) is 25.4 Å². The van der Waals surface area contributed by atoms with Gasteiger partial charge in [-0.05, 0) is 30.0 Å². The molecule has 5 rings (SSSR count). The normalized spacial score (nSPS) is 13.3. The molecule has 2 aromatic carbocycles. The number of benzene rings is 2. The average Bonchev–Trinajstić information content (AvgIpc) is 3.61. The van der Waals surface area contributed by atoms with Crippen LogP contribution in [0.1, 0.15) is 28.9 Å². The van der Waals surface area contributed by atoms with E-state index >= 15 is 0 Å². The Bertz CT molecular complexity index is 1330. The maximum absolute atomic E-state index is 13.4. The van der Waals surface area contributed by atoms with E-state index in [1.807, 2.05) is 60.7 Å². The standard InChI is InChI=1S/C25H21N3O3/c29-23-20-13-19(17-9-5-2-6-10-17)25(31)28(15-16-7-3-1-4-8-16)21(20)14-26-22(23)24(30)27-18-11-12-18/h1-10,13-14,18,29H,11-12,15H2,(H,27,30). The maximum atomic E-state index is 13.4. The molecule has 0 saturated heterocycles. The lowest BCUT2D eigenvalue weighted by molar-refractivity contribution is 0.0943. The molecule has 2 aromatic heterocycles. The SMILES string of the molecule is O=C(NC1CC1)c1ncc2c(cc(-c3ccccc3)c(=O)n2Cc2ccccc2)c1O. The highest BCUT2D eigenvalue weighted by Crippen LogP contribution is 2.30. The maximum Gasteiger partial charge on any atom is 0.273 e. The van der Waals surface area contributed by atoms with E-state index in [0.29, 0.717) is 23.0 Å². The predicted molar refractivity (Wildman–Crippen MR) is 119 cm³/mol. The van der Waals surface area contributed by atoms with Crippen molar-refractivity contribution in [2.75, 3.05) is 0 Å². The van der Waals surface area contributed by atoms with Gasteiger partial charge in [0.25, 0.3) is 11.5 Å². The minimum absolute atomic E-state index is 0.0247. The zero-order valence-corrected chi connectivity index (χ0v) is 16.8. The minimum atomic E-state index is -0.399. The molecule has 6 nitrogen and oxygen atoms in total. The van der Waals surface area contributed by atoms with Gasteiger partial charge in [-0.25, -0.2) is 4.98 Å².